The van der Waals surface area contributed by atoms with Gasteiger partial charge in [0.25, 0.3) is 0 Å². The number of hydrogen-bond donors (Lipinski definition) is 0. The molecule has 0 spiro atoms. The molecule has 2 heteroatoms. The number of fused-ring (bicyclic) bond motifs is 1. The lowest BCUT2D eigenvalue weighted by Gasteiger charge is -2.20. The van der Waals surface area contributed by atoms with Gasteiger partial charge in [-0.2, -0.15) is 0 Å². The summed E-state index contributed by atoms with van der Waals surface area (Å²) in [6.07, 6.45) is 2.18. The van der Waals surface area contributed by atoms with E-state index in [-0.39, 0.29) is 0 Å². The third-order valence-electron chi connectivity index (χ3n) is 2.45. The predicted molar refractivity (Wildman–Crippen MR) is 59.8 cm³/mol. The van der Waals surface area contributed by atoms with Crippen molar-refractivity contribution in [3.63, 3.8) is 0 Å². The second kappa shape index (κ2) is 3.66. The second-order valence-corrected chi connectivity index (χ2v) is 4.28. The van der Waals surface area contributed by atoms with Crippen molar-refractivity contribution in [3.8, 4) is 5.75 Å². The number of benzene rings is 1. The van der Waals surface area contributed by atoms with Crippen molar-refractivity contribution in [1.82, 2.24) is 0 Å². The van der Waals surface area contributed by atoms with Gasteiger partial charge >= 0.3 is 0 Å². The fourth-order valence-electron chi connectivity index (χ4n) is 1.50. The molecule has 0 amide bonds. The zero-order valence-corrected chi connectivity index (χ0v) is 9.14. The molecule has 0 N–H and O–H groups in total. The Balaban J connectivity index is 2.42. The van der Waals surface area contributed by atoms with Gasteiger partial charge in [-0.05, 0) is 35.8 Å². The van der Waals surface area contributed by atoms with E-state index in [2.05, 4.69) is 19.9 Å². The highest BCUT2D eigenvalue weighted by molar-refractivity contribution is 6.30. The number of rotatable bonds is 1. The van der Waals surface area contributed by atoms with Crippen LogP contribution < -0.4 is 4.74 Å². The molecule has 1 aromatic carbocycles. The Labute approximate surface area is 89.3 Å². The molecule has 74 valence electrons. The summed E-state index contributed by atoms with van der Waals surface area (Å²) >= 11 is 5.92. The van der Waals surface area contributed by atoms with Crippen LogP contribution in [0.4, 0.5) is 0 Å². The van der Waals surface area contributed by atoms with E-state index >= 15 is 0 Å². The van der Waals surface area contributed by atoms with Crippen molar-refractivity contribution >= 4 is 17.7 Å². The predicted octanol–water partition coefficient (Wildman–Crippen LogP) is 3.77. The van der Waals surface area contributed by atoms with Crippen molar-refractivity contribution in [3.05, 3.63) is 34.4 Å². The first-order valence-corrected chi connectivity index (χ1v) is 5.17. The molecule has 1 aromatic rings. The smallest absolute Gasteiger partial charge is 0.127 e. The summed E-state index contributed by atoms with van der Waals surface area (Å²) in [4.78, 5) is 0. The lowest BCUT2D eigenvalue weighted by molar-refractivity contribution is 0.334. The molecule has 0 fully saturated rings. The van der Waals surface area contributed by atoms with Crippen LogP contribution in [0.2, 0.25) is 5.02 Å². The summed E-state index contributed by atoms with van der Waals surface area (Å²) in [7, 11) is 0. The van der Waals surface area contributed by atoms with Crippen LogP contribution in [0, 0.1) is 5.92 Å². The Hall–Kier alpha value is -0.950. The van der Waals surface area contributed by atoms with E-state index in [1.807, 2.05) is 18.2 Å². The molecule has 0 saturated carbocycles. The Morgan fingerprint density at radius 3 is 2.86 bits per heavy atom. The molecule has 0 aromatic heterocycles. The lowest BCUT2D eigenvalue weighted by Crippen LogP contribution is -2.11. The molecule has 0 aliphatic carbocycles. The molecule has 0 atom stereocenters. The first-order chi connectivity index (χ1) is 6.66. The van der Waals surface area contributed by atoms with Crippen molar-refractivity contribution in [1.29, 1.82) is 0 Å². The molecule has 1 heterocycles. The minimum absolute atomic E-state index is 0.530. The molecule has 0 saturated heterocycles. The van der Waals surface area contributed by atoms with Crippen LogP contribution >= 0.6 is 11.6 Å². The second-order valence-electron chi connectivity index (χ2n) is 3.84. The van der Waals surface area contributed by atoms with E-state index in [9.17, 15) is 0 Å². The van der Waals surface area contributed by atoms with Crippen LogP contribution in [0.1, 0.15) is 19.4 Å². The van der Waals surface area contributed by atoms with Gasteiger partial charge in [0.2, 0.25) is 0 Å². The van der Waals surface area contributed by atoms with Gasteiger partial charge in [0.05, 0.1) is 0 Å². The van der Waals surface area contributed by atoms with E-state index in [1.165, 1.54) is 5.57 Å². The highest BCUT2D eigenvalue weighted by Gasteiger charge is 2.13. The van der Waals surface area contributed by atoms with Gasteiger partial charge in [-0.15, -0.1) is 0 Å². The van der Waals surface area contributed by atoms with Gasteiger partial charge in [-0.3, -0.25) is 0 Å². The molecule has 0 radical (unpaired) electrons. The van der Waals surface area contributed by atoms with Crippen LogP contribution in [0.25, 0.3) is 6.08 Å². The Morgan fingerprint density at radius 1 is 1.36 bits per heavy atom. The van der Waals surface area contributed by atoms with Crippen LogP contribution in [0.3, 0.4) is 0 Å². The highest BCUT2D eigenvalue weighted by atomic mass is 35.5. The summed E-state index contributed by atoms with van der Waals surface area (Å²) in [5, 5.41) is 0.758. The van der Waals surface area contributed by atoms with Crippen molar-refractivity contribution in [2.24, 2.45) is 5.92 Å². The van der Waals surface area contributed by atoms with Crippen molar-refractivity contribution < 1.29 is 4.74 Å². The molecule has 1 aliphatic heterocycles. The van der Waals surface area contributed by atoms with Crippen LogP contribution in [-0.2, 0) is 0 Å². The summed E-state index contributed by atoms with van der Waals surface area (Å²) in [6, 6.07) is 5.72. The topological polar surface area (TPSA) is 9.23 Å². The molecule has 0 bridgehead atoms. The maximum absolute atomic E-state index is 5.92. The molecule has 2 rings (SSSR count). The lowest BCUT2D eigenvalue weighted by atomic mass is 9.99. The Kier molecular flexibility index (Phi) is 2.51. The quantitative estimate of drug-likeness (QED) is 0.683. The van der Waals surface area contributed by atoms with Gasteiger partial charge < -0.3 is 4.74 Å². The number of hydrogen-bond acceptors (Lipinski definition) is 1. The van der Waals surface area contributed by atoms with Gasteiger partial charge in [-0.25, -0.2) is 0 Å². The summed E-state index contributed by atoms with van der Waals surface area (Å²) in [6.45, 7) is 5.04. The average Bonchev–Trinajstić information content (AvgIpc) is 2.16. The van der Waals surface area contributed by atoms with Crippen LogP contribution in [0.15, 0.2) is 23.8 Å². The SMILES string of the molecule is CC(C)C1=Cc2cc(Cl)ccc2OC1. The summed E-state index contributed by atoms with van der Waals surface area (Å²) in [5.41, 5.74) is 2.41. The highest BCUT2D eigenvalue weighted by Crippen LogP contribution is 2.30. The van der Waals surface area contributed by atoms with E-state index in [4.69, 9.17) is 16.3 Å². The Bertz CT molecular complexity index is 380. The summed E-state index contributed by atoms with van der Waals surface area (Å²) in [5.74, 6) is 1.46. The maximum atomic E-state index is 5.92. The Morgan fingerprint density at radius 2 is 2.14 bits per heavy atom. The van der Waals surface area contributed by atoms with Crippen molar-refractivity contribution in [2.45, 2.75) is 13.8 Å². The molecule has 1 nitrogen and oxygen atoms in total. The van der Waals surface area contributed by atoms with Gasteiger partial charge in [0.15, 0.2) is 0 Å². The van der Waals surface area contributed by atoms with E-state index in [0.717, 1.165) is 16.3 Å². The van der Waals surface area contributed by atoms with E-state index in [0.29, 0.717) is 12.5 Å². The first-order valence-electron chi connectivity index (χ1n) is 4.79. The minimum atomic E-state index is 0.530. The number of halogens is 1. The molecular formula is C12H13ClO. The van der Waals surface area contributed by atoms with E-state index < -0.39 is 0 Å². The monoisotopic (exact) mass is 208 g/mol. The molecule has 0 unspecified atom stereocenters. The standard InChI is InChI=1S/C12H13ClO/c1-8(2)10-5-9-6-11(13)3-4-12(9)14-7-10/h3-6,8H,7H2,1-2H3. The van der Waals surface area contributed by atoms with E-state index in [1.54, 1.807) is 0 Å². The minimum Gasteiger partial charge on any atom is -0.489 e. The molecule has 14 heavy (non-hydrogen) atoms. The van der Waals surface area contributed by atoms with Gasteiger partial charge in [0, 0.05) is 10.6 Å². The maximum Gasteiger partial charge on any atom is 0.127 e. The third-order valence-corrected chi connectivity index (χ3v) is 2.68. The number of ether oxygens (including phenoxy) is 1. The molecular weight excluding hydrogens is 196 g/mol. The largest absolute Gasteiger partial charge is 0.489 e. The zero-order valence-electron chi connectivity index (χ0n) is 8.38. The average molecular weight is 209 g/mol. The van der Waals surface area contributed by atoms with Crippen LogP contribution in [0.5, 0.6) is 5.75 Å². The first kappa shape index (κ1) is 9.60. The normalized spacial score (nSPS) is 14.7. The van der Waals surface area contributed by atoms with Crippen LogP contribution in [-0.4, -0.2) is 6.61 Å². The van der Waals surface area contributed by atoms with Gasteiger partial charge in [0.1, 0.15) is 12.4 Å². The van der Waals surface area contributed by atoms with Gasteiger partial charge in [-0.1, -0.05) is 25.4 Å². The fourth-order valence-corrected chi connectivity index (χ4v) is 1.68. The zero-order chi connectivity index (χ0) is 10.1. The third kappa shape index (κ3) is 1.78. The summed E-state index contributed by atoms with van der Waals surface area (Å²) < 4.78 is 5.63. The fraction of sp³-hybridized carbons (Fsp3) is 0.333. The molecule has 1 aliphatic rings. The van der Waals surface area contributed by atoms with Crippen molar-refractivity contribution in [2.75, 3.05) is 6.61 Å².